The van der Waals surface area contributed by atoms with Crippen molar-refractivity contribution in [2.75, 3.05) is 0 Å². The number of carbonyl (C=O) groups is 6. The molecule has 0 rings (SSSR count). The monoisotopic (exact) mass is 488 g/mol. The van der Waals surface area contributed by atoms with Crippen molar-refractivity contribution in [2.24, 2.45) is 17.6 Å². The Morgan fingerprint density at radius 1 is 0.706 bits per heavy atom. The molecule has 0 aromatic heterocycles. The molecule has 34 heavy (non-hydrogen) atoms. The first-order chi connectivity index (χ1) is 15.6. The molecule has 4 unspecified atom stereocenters. The molecule has 0 fully saturated rings. The molecule has 0 spiro atoms. The first-order valence-corrected chi connectivity index (χ1v) is 11.0. The summed E-state index contributed by atoms with van der Waals surface area (Å²) in [6.07, 6.45) is -1.15. The molecule has 13 heteroatoms. The zero-order valence-corrected chi connectivity index (χ0v) is 19.9. The van der Waals surface area contributed by atoms with Gasteiger partial charge in [0.1, 0.15) is 18.1 Å². The second-order valence-electron chi connectivity index (χ2n) is 8.79. The largest absolute Gasteiger partial charge is 0.481 e. The van der Waals surface area contributed by atoms with Gasteiger partial charge in [0.15, 0.2) is 0 Å². The summed E-state index contributed by atoms with van der Waals surface area (Å²) < 4.78 is 0. The number of nitrogens with one attached hydrogen (secondary N) is 3. The number of hydrogen-bond donors (Lipinski definition) is 7. The first-order valence-electron chi connectivity index (χ1n) is 11.0. The summed E-state index contributed by atoms with van der Waals surface area (Å²) in [4.78, 5) is 71.0. The van der Waals surface area contributed by atoms with Gasteiger partial charge in [0.25, 0.3) is 0 Å². The minimum Gasteiger partial charge on any atom is -0.481 e. The molecule has 3 amide bonds. The summed E-state index contributed by atoms with van der Waals surface area (Å²) in [7, 11) is 0. The molecule has 0 bridgehead atoms. The third kappa shape index (κ3) is 12.1. The van der Waals surface area contributed by atoms with Crippen molar-refractivity contribution in [3.63, 3.8) is 0 Å². The van der Waals surface area contributed by atoms with Gasteiger partial charge < -0.3 is 37.0 Å². The van der Waals surface area contributed by atoms with E-state index in [1.165, 1.54) is 0 Å². The lowest BCUT2D eigenvalue weighted by molar-refractivity contribution is -0.143. The summed E-state index contributed by atoms with van der Waals surface area (Å²) in [6, 6.07) is -4.93. The van der Waals surface area contributed by atoms with Crippen LogP contribution in [0.3, 0.4) is 0 Å². The highest BCUT2D eigenvalue weighted by Crippen LogP contribution is 2.09. The zero-order valence-electron chi connectivity index (χ0n) is 19.9. The normalized spacial score (nSPS) is 14.6. The van der Waals surface area contributed by atoms with Crippen LogP contribution in [-0.4, -0.2) is 75.1 Å². The Labute approximate surface area is 197 Å². The number of carbonyl (C=O) groups excluding carboxylic acids is 3. The maximum Gasteiger partial charge on any atom is 0.326 e. The van der Waals surface area contributed by atoms with E-state index in [0.29, 0.717) is 0 Å². The topological polar surface area (TPSA) is 225 Å². The molecule has 0 saturated carbocycles. The van der Waals surface area contributed by atoms with E-state index in [1.807, 2.05) is 0 Å². The molecule has 0 aliphatic rings. The van der Waals surface area contributed by atoms with E-state index in [0.717, 1.165) is 0 Å². The number of nitrogens with two attached hydrogens (primary N) is 1. The minimum atomic E-state index is -1.36. The van der Waals surface area contributed by atoms with Crippen LogP contribution in [0.4, 0.5) is 0 Å². The van der Waals surface area contributed by atoms with E-state index in [4.69, 9.17) is 15.9 Å². The highest BCUT2D eigenvalue weighted by atomic mass is 16.4. The van der Waals surface area contributed by atoms with Crippen LogP contribution < -0.4 is 21.7 Å². The third-order valence-electron chi connectivity index (χ3n) is 4.85. The Morgan fingerprint density at radius 3 is 1.65 bits per heavy atom. The highest BCUT2D eigenvalue weighted by molar-refractivity contribution is 5.94. The van der Waals surface area contributed by atoms with Crippen LogP contribution in [-0.2, 0) is 28.8 Å². The number of hydrogen-bond acceptors (Lipinski definition) is 7. The molecule has 0 heterocycles. The molecule has 0 aromatic rings. The zero-order chi connectivity index (χ0) is 26.6. The Bertz CT molecular complexity index is 755. The van der Waals surface area contributed by atoms with Gasteiger partial charge in [-0.2, -0.15) is 0 Å². The van der Waals surface area contributed by atoms with Gasteiger partial charge in [0, 0.05) is 12.8 Å². The van der Waals surface area contributed by atoms with Crippen LogP contribution in [0.5, 0.6) is 0 Å². The fourth-order valence-electron chi connectivity index (χ4n) is 2.97. The van der Waals surface area contributed by atoms with Crippen molar-refractivity contribution in [3.8, 4) is 0 Å². The van der Waals surface area contributed by atoms with E-state index >= 15 is 0 Å². The molecule has 0 aliphatic heterocycles. The highest BCUT2D eigenvalue weighted by Gasteiger charge is 2.32. The molecule has 0 aliphatic carbocycles. The number of carboxylic acid groups (broad SMARTS) is 3. The average Bonchev–Trinajstić information content (AvgIpc) is 2.71. The van der Waals surface area contributed by atoms with Crippen molar-refractivity contribution < 1.29 is 44.1 Å². The van der Waals surface area contributed by atoms with E-state index in [-0.39, 0.29) is 31.6 Å². The van der Waals surface area contributed by atoms with Gasteiger partial charge in [-0.05, 0) is 31.1 Å². The molecule has 0 saturated heterocycles. The van der Waals surface area contributed by atoms with Crippen LogP contribution in [0.15, 0.2) is 0 Å². The second-order valence-corrected chi connectivity index (χ2v) is 8.79. The van der Waals surface area contributed by atoms with Crippen LogP contribution in [0.2, 0.25) is 0 Å². The van der Waals surface area contributed by atoms with Crippen molar-refractivity contribution in [1.29, 1.82) is 0 Å². The summed E-state index contributed by atoms with van der Waals surface area (Å²) >= 11 is 0. The number of rotatable bonds is 16. The average molecular weight is 489 g/mol. The van der Waals surface area contributed by atoms with Gasteiger partial charge in [-0.1, -0.05) is 27.7 Å². The molecule has 0 radical (unpaired) electrons. The van der Waals surface area contributed by atoms with Gasteiger partial charge in [-0.15, -0.1) is 0 Å². The molecule has 0 aromatic carbocycles. The number of aliphatic carboxylic acids is 3. The van der Waals surface area contributed by atoms with E-state index in [9.17, 15) is 33.9 Å². The number of carboxylic acids is 3. The molecule has 194 valence electrons. The Kier molecular flexibility index (Phi) is 13.4. The summed E-state index contributed by atoms with van der Waals surface area (Å²) in [5.41, 5.74) is 5.68. The van der Waals surface area contributed by atoms with Crippen molar-refractivity contribution in [3.05, 3.63) is 0 Å². The van der Waals surface area contributed by atoms with Gasteiger partial charge in [0.2, 0.25) is 17.7 Å². The third-order valence-corrected chi connectivity index (χ3v) is 4.85. The van der Waals surface area contributed by atoms with Crippen LogP contribution in [0.25, 0.3) is 0 Å². The van der Waals surface area contributed by atoms with Gasteiger partial charge >= 0.3 is 17.9 Å². The van der Waals surface area contributed by atoms with E-state index in [1.54, 1.807) is 27.7 Å². The summed E-state index contributed by atoms with van der Waals surface area (Å²) in [5, 5.41) is 34.2. The summed E-state index contributed by atoms with van der Waals surface area (Å²) in [6.45, 7) is 6.76. The smallest absolute Gasteiger partial charge is 0.326 e. The Hall–Kier alpha value is -3.22. The minimum absolute atomic E-state index is 0.0562. The molecule has 13 nitrogen and oxygen atoms in total. The van der Waals surface area contributed by atoms with Gasteiger partial charge in [-0.3, -0.25) is 24.0 Å². The molecular formula is C21H36N4O9. The van der Waals surface area contributed by atoms with E-state index < -0.39 is 72.1 Å². The Morgan fingerprint density at radius 2 is 1.21 bits per heavy atom. The predicted octanol–water partition coefficient (Wildman–Crippen LogP) is -0.716. The van der Waals surface area contributed by atoms with Crippen LogP contribution >= 0.6 is 0 Å². The lowest BCUT2D eigenvalue weighted by Gasteiger charge is -2.27. The summed E-state index contributed by atoms with van der Waals surface area (Å²) in [5.74, 6) is -6.57. The molecule has 4 atom stereocenters. The quantitative estimate of drug-likeness (QED) is 0.144. The predicted molar refractivity (Wildman–Crippen MR) is 119 cm³/mol. The van der Waals surface area contributed by atoms with Gasteiger partial charge in [-0.25, -0.2) is 4.79 Å². The van der Waals surface area contributed by atoms with Crippen LogP contribution in [0, 0.1) is 11.8 Å². The second kappa shape index (κ2) is 14.8. The maximum absolute atomic E-state index is 12.9. The first kappa shape index (κ1) is 30.8. The van der Waals surface area contributed by atoms with Crippen molar-refractivity contribution in [1.82, 2.24) is 16.0 Å². The van der Waals surface area contributed by atoms with Crippen LogP contribution in [0.1, 0.15) is 59.8 Å². The molecule has 8 N–H and O–H groups in total. The standard InChI is InChI=1S/C21H36N4O9/c1-10(2)9-14(21(33)34)24-19(31)13(6-8-16(28)29)23-20(32)17(11(3)4)25-18(30)12(22)5-7-15(26)27/h10-14,17H,5-9,22H2,1-4H3,(H,23,32)(H,24,31)(H,25,30)(H,26,27)(H,28,29)(H,33,34). The fraction of sp³-hybridized carbons (Fsp3) is 0.714. The van der Waals surface area contributed by atoms with E-state index in [2.05, 4.69) is 16.0 Å². The number of amides is 3. The lowest BCUT2D eigenvalue weighted by atomic mass is 10.0. The maximum atomic E-state index is 12.9. The SMILES string of the molecule is CC(C)CC(NC(=O)C(CCC(=O)O)NC(=O)C(NC(=O)C(N)CCC(=O)O)C(C)C)C(=O)O. The fourth-order valence-corrected chi connectivity index (χ4v) is 2.97. The molecular weight excluding hydrogens is 452 g/mol. The van der Waals surface area contributed by atoms with Gasteiger partial charge in [0.05, 0.1) is 6.04 Å². The Balaban J connectivity index is 5.47. The van der Waals surface area contributed by atoms with Crippen molar-refractivity contribution in [2.45, 2.75) is 84.0 Å². The van der Waals surface area contributed by atoms with Crippen molar-refractivity contribution >= 4 is 35.6 Å². The lowest BCUT2D eigenvalue weighted by Crippen LogP contribution is -2.58.